The molecule has 0 spiro atoms. The first-order chi connectivity index (χ1) is 33.6. The molecule has 8 nitrogen and oxygen atoms in total. The zero-order chi connectivity index (χ0) is 50.6. The smallest absolute Gasteiger partial charge is 0.362 e. The minimum Gasteiger partial charge on any atom is -0.477 e. The molecule has 8 heteroatoms. The molecule has 0 aliphatic heterocycles. The third-order valence-electron chi connectivity index (χ3n) is 13.8. The molecular formula is C61H116NO7+. The average molecular weight is 976 g/mol. The van der Waals surface area contributed by atoms with E-state index in [1.165, 1.54) is 225 Å². The summed E-state index contributed by atoms with van der Waals surface area (Å²) in [5, 5.41) is 9.68. The molecule has 2 unspecified atom stereocenters. The number of carboxylic acids is 1. The van der Waals surface area contributed by atoms with Crippen LogP contribution < -0.4 is 0 Å². The fourth-order valence-electron chi connectivity index (χ4n) is 9.20. The van der Waals surface area contributed by atoms with E-state index in [-0.39, 0.29) is 36.2 Å². The van der Waals surface area contributed by atoms with Gasteiger partial charge in [-0.3, -0.25) is 9.59 Å². The highest BCUT2D eigenvalue weighted by Crippen LogP contribution is 2.17. The summed E-state index contributed by atoms with van der Waals surface area (Å²) in [7, 11) is 5.55. The highest BCUT2D eigenvalue weighted by molar-refractivity contribution is 5.72. The molecule has 0 fully saturated rings. The number of unbranched alkanes of at least 4 members (excludes halogenated alkanes) is 37. The maximum Gasteiger partial charge on any atom is 0.362 e. The molecule has 0 aromatic heterocycles. The van der Waals surface area contributed by atoms with Gasteiger partial charge in [0.05, 0.1) is 34.4 Å². The van der Waals surface area contributed by atoms with Crippen molar-refractivity contribution in [1.29, 1.82) is 0 Å². The first-order valence-corrected chi connectivity index (χ1v) is 29.9. The minimum atomic E-state index is -0.872. The number of hydrogen-bond acceptors (Lipinski definition) is 6. The molecule has 0 aromatic carbocycles. The highest BCUT2D eigenvalue weighted by Gasteiger charge is 2.31. The number of carboxylic acid groups (broad SMARTS) is 1. The van der Waals surface area contributed by atoms with E-state index in [2.05, 4.69) is 38.2 Å². The molecule has 406 valence electrons. The van der Waals surface area contributed by atoms with Crippen LogP contribution in [0.3, 0.4) is 0 Å². The SMILES string of the molecule is CCCCCCCCCCCCC/C=C/CCCCCCCCCC(=O)OC(COCCC(C(=O)O)[N+](C)(C)C)COC(=O)CCCCCCCCC/C=C/CCCCCCCCCCCCCC. The van der Waals surface area contributed by atoms with E-state index < -0.39 is 18.1 Å². The molecule has 0 amide bonds. The lowest BCUT2D eigenvalue weighted by Crippen LogP contribution is -2.50. The van der Waals surface area contributed by atoms with Crippen LogP contribution in [0.1, 0.15) is 296 Å². The van der Waals surface area contributed by atoms with E-state index in [1.807, 2.05) is 21.1 Å². The van der Waals surface area contributed by atoms with Gasteiger partial charge in [0.2, 0.25) is 0 Å². The van der Waals surface area contributed by atoms with Crippen LogP contribution in [0.5, 0.6) is 0 Å². The van der Waals surface area contributed by atoms with Gasteiger partial charge in [-0.05, 0) is 64.2 Å². The van der Waals surface area contributed by atoms with Gasteiger partial charge in [0.25, 0.3) is 0 Å². The van der Waals surface area contributed by atoms with Crippen LogP contribution in [0.2, 0.25) is 0 Å². The average Bonchev–Trinajstić information content (AvgIpc) is 3.31. The molecule has 0 rings (SSSR count). The van der Waals surface area contributed by atoms with E-state index in [4.69, 9.17) is 14.2 Å². The summed E-state index contributed by atoms with van der Waals surface area (Å²) in [6.45, 7) is 4.79. The second-order valence-electron chi connectivity index (χ2n) is 21.6. The zero-order valence-corrected chi connectivity index (χ0v) is 46.5. The van der Waals surface area contributed by atoms with Crippen molar-refractivity contribution in [2.75, 3.05) is 41.0 Å². The first kappa shape index (κ1) is 66.8. The van der Waals surface area contributed by atoms with Crippen molar-refractivity contribution < 1.29 is 38.2 Å². The molecule has 0 saturated heterocycles. The Hall–Kier alpha value is -2.19. The van der Waals surface area contributed by atoms with Crippen molar-refractivity contribution in [2.24, 2.45) is 0 Å². The molecular weight excluding hydrogens is 859 g/mol. The van der Waals surface area contributed by atoms with E-state index in [0.717, 1.165) is 38.5 Å². The summed E-state index contributed by atoms with van der Waals surface area (Å²) < 4.78 is 17.4. The number of likely N-dealkylation sites (N-methyl/N-ethyl adjacent to an activating group) is 1. The minimum absolute atomic E-state index is 0.0510. The summed E-state index contributed by atoms with van der Waals surface area (Å²) in [4.78, 5) is 37.3. The summed E-state index contributed by atoms with van der Waals surface area (Å²) in [6.07, 6.45) is 62.5. The van der Waals surface area contributed by atoms with Crippen LogP contribution in [-0.4, -0.2) is 80.6 Å². The number of allylic oxidation sites excluding steroid dienone is 4. The number of hydrogen-bond donors (Lipinski definition) is 1. The topological polar surface area (TPSA) is 99.1 Å². The molecule has 1 N–H and O–H groups in total. The lowest BCUT2D eigenvalue weighted by Gasteiger charge is -2.31. The third-order valence-corrected chi connectivity index (χ3v) is 13.8. The number of nitrogens with zero attached hydrogens (tertiary/aromatic N) is 1. The fourth-order valence-corrected chi connectivity index (χ4v) is 9.20. The number of carbonyl (C=O) groups is 3. The van der Waals surface area contributed by atoms with E-state index in [1.54, 1.807) is 0 Å². The Balaban J connectivity index is 4.14. The van der Waals surface area contributed by atoms with Crippen molar-refractivity contribution in [3.05, 3.63) is 24.3 Å². The Morgan fingerprint density at radius 1 is 0.420 bits per heavy atom. The Kier molecular flexibility index (Phi) is 50.5. The molecule has 0 saturated carbocycles. The molecule has 0 aromatic rings. The van der Waals surface area contributed by atoms with Gasteiger partial charge >= 0.3 is 17.9 Å². The van der Waals surface area contributed by atoms with Crippen molar-refractivity contribution in [3.63, 3.8) is 0 Å². The molecule has 0 bridgehead atoms. The Bertz CT molecular complexity index is 1180. The van der Waals surface area contributed by atoms with Gasteiger partial charge in [-0.2, -0.15) is 0 Å². The molecule has 0 radical (unpaired) electrons. The standard InChI is InChI=1S/C61H115NO7/c1-6-8-10-12-14-16-18-20-22-24-26-28-30-32-33-35-37-39-41-43-45-47-49-51-59(63)68-56-57(55-67-54-53-58(61(65)66)62(3,4)5)69-60(64)52-50-48-46-44-42-40-38-36-34-31-29-27-25-23-21-19-17-15-13-11-9-7-2/h31-34,57-58H,6-30,35-56H2,1-5H3/p+1/b33-32+,34-31+. The fraction of sp³-hybridized carbons (Fsp3) is 0.885. The maximum atomic E-state index is 12.8. The maximum absolute atomic E-state index is 12.8. The van der Waals surface area contributed by atoms with Gasteiger partial charge < -0.3 is 23.8 Å². The second-order valence-corrected chi connectivity index (χ2v) is 21.6. The molecule has 0 heterocycles. The van der Waals surface area contributed by atoms with Crippen LogP contribution in [0.25, 0.3) is 0 Å². The van der Waals surface area contributed by atoms with Crippen molar-refractivity contribution in [1.82, 2.24) is 0 Å². The number of rotatable bonds is 55. The van der Waals surface area contributed by atoms with E-state index in [0.29, 0.717) is 19.3 Å². The number of carbonyl (C=O) groups excluding carboxylic acids is 2. The van der Waals surface area contributed by atoms with E-state index >= 15 is 0 Å². The van der Waals surface area contributed by atoms with E-state index in [9.17, 15) is 19.5 Å². The zero-order valence-electron chi connectivity index (χ0n) is 46.5. The summed E-state index contributed by atoms with van der Waals surface area (Å²) >= 11 is 0. The molecule has 2 atom stereocenters. The lowest BCUT2D eigenvalue weighted by molar-refractivity contribution is -0.887. The molecule has 0 aliphatic carbocycles. The second kappa shape index (κ2) is 52.1. The van der Waals surface area contributed by atoms with Crippen molar-refractivity contribution in [2.45, 2.75) is 309 Å². The monoisotopic (exact) mass is 975 g/mol. The van der Waals surface area contributed by atoms with Gasteiger partial charge in [-0.1, -0.05) is 237 Å². The van der Waals surface area contributed by atoms with Crippen molar-refractivity contribution in [3.8, 4) is 0 Å². The van der Waals surface area contributed by atoms with Crippen LogP contribution >= 0.6 is 0 Å². The van der Waals surface area contributed by atoms with Gasteiger partial charge in [-0.25, -0.2) is 4.79 Å². The van der Waals surface area contributed by atoms with Gasteiger partial charge in [0.15, 0.2) is 12.1 Å². The summed E-state index contributed by atoms with van der Waals surface area (Å²) in [6, 6.07) is -0.615. The highest BCUT2D eigenvalue weighted by atomic mass is 16.6. The first-order valence-electron chi connectivity index (χ1n) is 29.9. The molecule has 0 aliphatic rings. The normalized spacial score (nSPS) is 12.9. The molecule has 69 heavy (non-hydrogen) atoms. The number of quaternary nitrogens is 1. The largest absolute Gasteiger partial charge is 0.477 e. The van der Waals surface area contributed by atoms with Crippen LogP contribution in [0.15, 0.2) is 24.3 Å². The van der Waals surface area contributed by atoms with Crippen molar-refractivity contribution >= 4 is 17.9 Å². The van der Waals surface area contributed by atoms with Crippen LogP contribution in [0.4, 0.5) is 0 Å². The summed E-state index contributed by atoms with van der Waals surface area (Å²) in [5.74, 6) is -1.46. The van der Waals surface area contributed by atoms with Gasteiger partial charge in [0, 0.05) is 19.3 Å². The summed E-state index contributed by atoms with van der Waals surface area (Å²) in [5.41, 5.74) is 0. The van der Waals surface area contributed by atoms with Gasteiger partial charge in [0.1, 0.15) is 6.61 Å². The van der Waals surface area contributed by atoms with Gasteiger partial charge in [-0.15, -0.1) is 0 Å². The number of esters is 2. The quantitative estimate of drug-likeness (QED) is 0.0280. The van der Waals surface area contributed by atoms with Crippen LogP contribution in [0, 0.1) is 0 Å². The Morgan fingerprint density at radius 2 is 0.725 bits per heavy atom. The Morgan fingerprint density at radius 3 is 1.04 bits per heavy atom. The van der Waals surface area contributed by atoms with Crippen LogP contribution in [-0.2, 0) is 28.6 Å². The Labute approximate surface area is 428 Å². The predicted molar refractivity (Wildman–Crippen MR) is 294 cm³/mol. The number of aliphatic carboxylic acids is 1. The third kappa shape index (κ3) is 50.5. The predicted octanol–water partition coefficient (Wildman–Crippen LogP) is 17.9. The number of ether oxygens (including phenoxy) is 3. The lowest BCUT2D eigenvalue weighted by atomic mass is 10.0.